The lowest BCUT2D eigenvalue weighted by molar-refractivity contribution is -0.112. The molecule has 1 amide bonds. The van der Waals surface area contributed by atoms with Crippen LogP contribution in [0.25, 0.3) is 0 Å². The van der Waals surface area contributed by atoms with Gasteiger partial charge in [0.2, 0.25) is 0 Å². The first-order chi connectivity index (χ1) is 6.84. The van der Waals surface area contributed by atoms with E-state index in [4.69, 9.17) is 0 Å². The van der Waals surface area contributed by atoms with E-state index < -0.39 is 0 Å². The Kier molecular flexibility index (Phi) is 5.04. The van der Waals surface area contributed by atoms with Crippen LogP contribution in [-0.2, 0) is 4.79 Å². The van der Waals surface area contributed by atoms with Gasteiger partial charge >= 0.3 is 5.91 Å². The van der Waals surface area contributed by atoms with Crippen molar-refractivity contribution in [3.8, 4) is 0 Å². The second kappa shape index (κ2) is 6.40. The minimum absolute atomic E-state index is 0.251. The third-order valence-electron chi connectivity index (χ3n) is 2.31. The van der Waals surface area contributed by atoms with E-state index in [2.05, 4.69) is 22.4 Å². The van der Waals surface area contributed by atoms with Crippen LogP contribution < -0.4 is 0 Å². The maximum atomic E-state index is 10.9. The zero-order valence-corrected chi connectivity index (χ0v) is 8.70. The van der Waals surface area contributed by atoms with Crippen molar-refractivity contribution in [2.45, 2.75) is 51.9 Å². The summed E-state index contributed by atoms with van der Waals surface area (Å²) in [6, 6.07) is 0. The van der Waals surface area contributed by atoms with Gasteiger partial charge in [0.25, 0.3) is 0 Å². The molecule has 0 bridgehead atoms. The third-order valence-corrected chi connectivity index (χ3v) is 2.31. The van der Waals surface area contributed by atoms with Gasteiger partial charge in [0.15, 0.2) is 0 Å². The zero-order valence-electron chi connectivity index (χ0n) is 8.70. The summed E-state index contributed by atoms with van der Waals surface area (Å²) in [7, 11) is 0. The van der Waals surface area contributed by atoms with Crippen molar-refractivity contribution in [3.05, 3.63) is 0 Å². The molecule has 0 N–H and O–H groups in total. The van der Waals surface area contributed by atoms with Gasteiger partial charge in [-0.1, -0.05) is 44.1 Å². The lowest BCUT2D eigenvalue weighted by Crippen LogP contribution is -2.06. The predicted octanol–water partition coefficient (Wildman–Crippen LogP) is 3.09. The molecule has 1 aliphatic heterocycles. The van der Waals surface area contributed by atoms with Crippen LogP contribution >= 0.6 is 0 Å². The minimum atomic E-state index is -0.251. The van der Waals surface area contributed by atoms with Crippen LogP contribution in [0.4, 0.5) is 0 Å². The van der Waals surface area contributed by atoms with E-state index in [1.54, 1.807) is 0 Å². The normalized spacial score (nSPS) is 14.9. The molecule has 14 heavy (non-hydrogen) atoms. The largest absolute Gasteiger partial charge is 0.313 e. The highest BCUT2D eigenvalue weighted by atomic mass is 16.2. The summed E-state index contributed by atoms with van der Waals surface area (Å²) in [5, 5.41) is 10.3. The lowest BCUT2D eigenvalue weighted by atomic mass is 10.1. The Balaban J connectivity index is 1.97. The second-order valence-electron chi connectivity index (χ2n) is 3.56. The Morgan fingerprint density at radius 2 is 1.79 bits per heavy atom. The van der Waals surface area contributed by atoms with Gasteiger partial charge in [-0.15, -0.1) is 5.10 Å². The van der Waals surface area contributed by atoms with Crippen LogP contribution in [0.5, 0.6) is 0 Å². The molecule has 1 rings (SSSR count). The Hall–Kier alpha value is -1.06. The first kappa shape index (κ1) is 11.0. The highest BCUT2D eigenvalue weighted by molar-refractivity contribution is 6.39. The van der Waals surface area contributed by atoms with E-state index in [9.17, 15) is 4.79 Å². The Labute approximate surface area is 84.5 Å². The molecule has 0 unspecified atom stereocenters. The Bertz CT molecular complexity index is 246. The second-order valence-corrected chi connectivity index (χ2v) is 3.56. The standard InChI is InChI=1S/C10H17N3O/c1-2-3-4-5-6-7-8-9-10(14)12-13-11-9/h2-8H2,1H3. The van der Waals surface area contributed by atoms with E-state index in [0.29, 0.717) is 5.71 Å². The van der Waals surface area contributed by atoms with E-state index in [-0.39, 0.29) is 5.91 Å². The summed E-state index contributed by atoms with van der Waals surface area (Å²) in [6.07, 6.45) is 8.06. The summed E-state index contributed by atoms with van der Waals surface area (Å²) in [4.78, 5) is 10.9. The number of nitrogens with zero attached hydrogens (tertiary/aromatic N) is 3. The SMILES string of the molecule is CCCCCCCCC1=NN=NC1=O. The number of hydrogen-bond donors (Lipinski definition) is 0. The molecule has 0 atom stereocenters. The van der Waals surface area contributed by atoms with Gasteiger partial charge < -0.3 is 0 Å². The monoisotopic (exact) mass is 195 g/mol. The molecule has 0 fully saturated rings. The van der Waals surface area contributed by atoms with Crippen molar-refractivity contribution in [1.29, 1.82) is 0 Å². The number of hydrogen-bond acceptors (Lipinski definition) is 3. The fourth-order valence-electron chi connectivity index (χ4n) is 1.45. The molecule has 0 saturated heterocycles. The topological polar surface area (TPSA) is 54.1 Å². The Morgan fingerprint density at radius 3 is 2.43 bits per heavy atom. The van der Waals surface area contributed by atoms with Crippen LogP contribution in [0.2, 0.25) is 0 Å². The van der Waals surface area contributed by atoms with E-state index in [0.717, 1.165) is 12.8 Å². The zero-order chi connectivity index (χ0) is 10.2. The summed E-state index contributed by atoms with van der Waals surface area (Å²) < 4.78 is 0. The molecule has 4 nitrogen and oxygen atoms in total. The molecular formula is C10H17N3O. The molecule has 0 aromatic rings. The van der Waals surface area contributed by atoms with Gasteiger partial charge in [0, 0.05) is 0 Å². The molecule has 0 aliphatic carbocycles. The van der Waals surface area contributed by atoms with Gasteiger partial charge in [-0.05, 0) is 18.1 Å². The molecule has 0 spiro atoms. The van der Waals surface area contributed by atoms with Crippen molar-refractivity contribution in [2.24, 2.45) is 15.4 Å². The molecule has 0 saturated carbocycles. The molecule has 0 aromatic carbocycles. The van der Waals surface area contributed by atoms with E-state index >= 15 is 0 Å². The van der Waals surface area contributed by atoms with Crippen molar-refractivity contribution >= 4 is 11.6 Å². The van der Waals surface area contributed by atoms with E-state index in [1.165, 1.54) is 32.1 Å². The maximum absolute atomic E-state index is 10.9. The number of rotatable bonds is 7. The fourth-order valence-corrected chi connectivity index (χ4v) is 1.45. The van der Waals surface area contributed by atoms with Crippen LogP contribution in [0.3, 0.4) is 0 Å². The van der Waals surface area contributed by atoms with Crippen molar-refractivity contribution in [2.75, 3.05) is 0 Å². The van der Waals surface area contributed by atoms with Crippen molar-refractivity contribution < 1.29 is 4.79 Å². The van der Waals surface area contributed by atoms with Crippen LogP contribution in [0.15, 0.2) is 15.4 Å². The summed E-state index contributed by atoms with van der Waals surface area (Å²) in [5.74, 6) is -0.251. The first-order valence-electron chi connectivity index (χ1n) is 5.36. The van der Waals surface area contributed by atoms with Crippen LogP contribution in [0.1, 0.15) is 51.9 Å². The number of amides is 1. The quantitative estimate of drug-likeness (QED) is 0.576. The van der Waals surface area contributed by atoms with Crippen LogP contribution in [0, 0.1) is 0 Å². The lowest BCUT2D eigenvalue weighted by Gasteiger charge is -1.98. The Morgan fingerprint density at radius 1 is 1.07 bits per heavy atom. The molecule has 1 heterocycles. The van der Waals surface area contributed by atoms with Crippen molar-refractivity contribution in [3.63, 3.8) is 0 Å². The smallest absolute Gasteiger partial charge is 0.264 e. The number of carbonyl (C=O) groups is 1. The van der Waals surface area contributed by atoms with E-state index in [1.807, 2.05) is 0 Å². The van der Waals surface area contributed by atoms with Gasteiger partial charge in [-0.3, -0.25) is 4.79 Å². The molecule has 0 radical (unpaired) electrons. The number of unbranched alkanes of at least 4 members (excludes halogenated alkanes) is 5. The fraction of sp³-hybridized carbons (Fsp3) is 0.800. The molecule has 4 heteroatoms. The first-order valence-corrected chi connectivity index (χ1v) is 5.36. The van der Waals surface area contributed by atoms with Crippen LogP contribution in [-0.4, -0.2) is 11.6 Å². The molecule has 0 aromatic heterocycles. The van der Waals surface area contributed by atoms with Gasteiger partial charge in [-0.2, -0.15) is 0 Å². The maximum Gasteiger partial charge on any atom is 0.313 e. The average Bonchev–Trinajstić information content (AvgIpc) is 2.58. The third kappa shape index (κ3) is 3.77. The van der Waals surface area contributed by atoms with Gasteiger partial charge in [0.05, 0.1) is 0 Å². The summed E-state index contributed by atoms with van der Waals surface area (Å²) in [5.41, 5.74) is 0.528. The predicted molar refractivity (Wildman–Crippen MR) is 55.3 cm³/mol. The minimum Gasteiger partial charge on any atom is -0.264 e. The summed E-state index contributed by atoms with van der Waals surface area (Å²) in [6.45, 7) is 2.20. The molecule has 78 valence electrons. The molecular weight excluding hydrogens is 178 g/mol. The number of carbonyl (C=O) groups excluding carboxylic acids is 1. The van der Waals surface area contributed by atoms with Gasteiger partial charge in [0.1, 0.15) is 5.71 Å². The summed E-state index contributed by atoms with van der Waals surface area (Å²) >= 11 is 0. The molecule has 1 aliphatic rings. The average molecular weight is 195 g/mol. The van der Waals surface area contributed by atoms with Crippen molar-refractivity contribution in [1.82, 2.24) is 0 Å². The highest BCUT2D eigenvalue weighted by Gasteiger charge is 2.14. The van der Waals surface area contributed by atoms with Gasteiger partial charge in [-0.25, -0.2) is 0 Å². The highest BCUT2D eigenvalue weighted by Crippen LogP contribution is 2.10.